The molecule has 4 aromatic rings. The lowest BCUT2D eigenvalue weighted by Gasteiger charge is -2.20. The van der Waals surface area contributed by atoms with E-state index in [1.165, 1.54) is 11.6 Å². The van der Waals surface area contributed by atoms with Crippen LogP contribution in [0.3, 0.4) is 0 Å². The van der Waals surface area contributed by atoms with E-state index in [0.29, 0.717) is 6.54 Å². The summed E-state index contributed by atoms with van der Waals surface area (Å²) in [5, 5.41) is 8.37. The molecule has 1 N–H and O–H groups in total. The van der Waals surface area contributed by atoms with Crippen LogP contribution in [0, 0.1) is 5.82 Å². The van der Waals surface area contributed by atoms with Gasteiger partial charge in [-0.2, -0.15) is 9.61 Å². The van der Waals surface area contributed by atoms with Crippen molar-refractivity contribution in [1.29, 1.82) is 0 Å². The van der Waals surface area contributed by atoms with Gasteiger partial charge in [0.05, 0.1) is 12.8 Å². The Morgan fingerprint density at radius 2 is 1.90 bits per heavy atom. The lowest BCUT2D eigenvalue weighted by molar-refractivity contribution is 0.415. The third kappa shape index (κ3) is 3.49. The van der Waals surface area contributed by atoms with Crippen LogP contribution in [0.1, 0.15) is 29.7 Å². The van der Waals surface area contributed by atoms with E-state index in [1.807, 2.05) is 40.9 Å². The fraction of sp³-hybridized carbons (Fsp3) is 0.250. The van der Waals surface area contributed by atoms with Gasteiger partial charge in [0.15, 0.2) is 5.65 Å². The third-order valence-electron chi connectivity index (χ3n) is 5.61. The largest absolute Gasteiger partial charge is 0.497 e. The summed E-state index contributed by atoms with van der Waals surface area (Å²) < 4.78 is 20.8. The van der Waals surface area contributed by atoms with Gasteiger partial charge < -0.3 is 10.1 Å². The maximum Gasteiger partial charge on any atom is 0.158 e. The molecule has 0 amide bonds. The standard InChI is InChI=1S/C24H23FN4O/c1-30-19-11-9-17(10-12-19)22-14-23-27-21-8-3-2-7-20(21)24(29(23)28-22)26-15-16-5-4-6-18(25)13-16/h4-6,9-14,26H,2-3,7-8,15H2,1H3. The molecule has 0 spiro atoms. The molecule has 2 aromatic heterocycles. The van der Waals surface area contributed by atoms with Gasteiger partial charge in [0.25, 0.3) is 0 Å². The Morgan fingerprint density at radius 3 is 2.70 bits per heavy atom. The molecule has 0 fully saturated rings. The highest BCUT2D eigenvalue weighted by Gasteiger charge is 2.20. The van der Waals surface area contributed by atoms with Crippen LogP contribution < -0.4 is 10.1 Å². The van der Waals surface area contributed by atoms with Crippen molar-refractivity contribution in [2.24, 2.45) is 0 Å². The Labute approximate surface area is 174 Å². The summed E-state index contributed by atoms with van der Waals surface area (Å²) in [5.74, 6) is 1.55. The summed E-state index contributed by atoms with van der Waals surface area (Å²) in [7, 11) is 1.66. The third-order valence-corrected chi connectivity index (χ3v) is 5.61. The van der Waals surface area contributed by atoms with Gasteiger partial charge >= 0.3 is 0 Å². The van der Waals surface area contributed by atoms with Crippen molar-refractivity contribution >= 4 is 11.5 Å². The van der Waals surface area contributed by atoms with Crippen LogP contribution in [-0.2, 0) is 19.4 Å². The normalized spacial score (nSPS) is 13.3. The number of hydrogen-bond donors (Lipinski definition) is 1. The average molecular weight is 402 g/mol. The van der Waals surface area contributed by atoms with Crippen LogP contribution in [0.5, 0.6) is 5.75 Å². The van der Waals surface area contributed by atoms with Crippen LogP contribution >= 0.6 is 0 Å². The molecule has 0 unspecified atom stereocenters. The predicted octanol–water partition coefficient (Wildman–Crippen LogP) is 5.03. The second kappa shape index (κ2) is 7.78. The number of benzene rings is 2. The quantitative estimate of drug-likeness (QED) is 0.508. The summed E-state index contributed by atoms with van der Waals surface area (Å²) in [5.41, 5.74) is 5.94. The lowest BCUT2D eigenvalue weighted by Crippen LogP contribution is -2.15. The van der Waals surface area contributed by atoms with Crippen LogP contribution in [0.25, 0.3) is 16.9 Å². The SMILES string of the molecule is COc1ccc(-c2cc3nc4c(c(NCc5cccc(F)c5)n3n2)CCCC4)cc1. The highest BCUT2D eigenvalue weighted by Crippen LogP contribution is 2.30. The summed E-state index contributed by atoms with van der Waals surface area (Å²) in [6.07, 6.45) is 4.24. The summed E-state index contributed by atoms with van der Waals surface area (Å²) in [4.78, 5) is 4.90. The minimum absolute atomic E-state index is 0.225. The zero-order valence-electron chi connectivity index (χ0n) is 16.9. The Morgan fingerprint density at radius 1 is 1.07 bits per heavy atom. The first-order chi connectivity index (χ1) is 14.7. The summed E-state index contributed by atoms with van der Waals surface area (Å²) in [6.45, 7) is 0.529. The zero-order valence-corrected chi connectivity index (χ0v) is 16.9. The van der Waals surface area contributed by atoms with E-state index in [-0.39, 0.29) is 5.82 Å². The van der Waals surface area contributed by atoms with E-state index < -0.39 is 0 Å². The van der Waals surface area contributed by atoms with Gasteiger partial charge in [-0.05, 0) is 67.6 Å². The maximum absolute atomic E-state index is 13.6. The molecule has 30 heavy (non-hydrogen) atoms. The van der Waals surface area contributed by atoms with Crippen molar-refractivity contribution in [2.45, 2.75) is 32.2 Å². The molecular formula is C24H23FN4O. The Bertz CT molecular complexity index is 1200. The van der Waals surface area contributed by atoms with Crippen molar-refractivity contribution in [3.05, 3.63) is 77.2 Å². The molecule has 1 aliphatic carbocycles. The van der Waals surface area contributed by atoms with E-state index >= 15 is 0 Å². The van der Waals surface area contributed by atoms with Gasteiger partial charge in [-0.1, -0.05) is 12.1 Å². The number of halogens is 1. The molecule has 152 valence electrons. The van der Waals surface area contributed by atoms with E-state index in [2.05, 4.69) is 5.32 Å². The molecular weight excluding hydrogens is 379 g/mol. The van der Waals surface area contributed by atoms with Crippen molar-refractivity contribution < 1.29 is 9.13 Å². The van der Waals surface area contributed by atoms with E-state index in [9.17, 15) is 4.39 Å². The fourth-order valence-electron chi connectivity index (χ4n) is 4.07. The first-order valence-electron chi connectivity index (χ1n) is 10.3. The topological polar surface area (TPSA) is 51.5 Å². The number of nitrogens with zero attached hydrogens (tertiary/aromatic N) is 3. The summed E-state index contributed by atoms with van der Waals surface area (Å²) in [6, 6.07) is 16.6. The molecule has 0 atom stereocenters. The highest BCUT2D eigenvalue weighted by atomic mass is 19.1. The number of ether oxygens (including phenoxy) is 1. The molecule has 5 nitrogen and oxygen atoms in total. The zero-order chi connectivity index (χ0) is 20.5. The van der Waals surface area contributed by atoms with Gasteiger partial charge in [-0.25, -0.2) is 9.37 Å². The van der Waals surface area contributed by atoms with Crippen molar-refractivity contribution in [3.8, 4) is 17.0 Å². The first-order valence-corrected chi connectivity index (χ1v) is 10.3. The van der Waals surface area contributed by atoms with Gasteiger partial charge in [0.2, 0.25) is 0 Å². The smallest absolute Gasteiger partial charge is 0.158 e. The second-order valence-corrected chi connectivity index (χ2v) is 7.60. The molecule has 6 heteroatoms. The number of anilines is 1. The molecule has 0 aliphatic heterocycles. The molecule has 0 radical (unpaired) electrons. The number of fused-ring (bicyclic) bond motifs is 2. The molecule has 0 saturated carbocycles. The van der Waals surface area contributed by atoms with Crippen LogP contribution in [0.4, 0.5) is 10.2 Å². The van der Waals surface area contributed by atoms with Gasteiger partial charge in [-0.15, -0.1) is 0 Å². The van der Waals surface area contributed by atoms with Gasteiger partial charge in [0, 0.05) is 29.4 Å². The van der Waals surface area contributed by atoms with Crippen LogP contribution in [0.15, 0.2) is 54.6 Å². The average Bonchev–Trinajstić information content (AvgIpc) is 3.20. The van der Waals surface area contributed by atoms with Gasteiger partial charge in [-0.3, -0.25) is 0 Å². The number of rotatable bonds is 5. The Hall–Kier alpha value is -3.41. The lowest BCUT2D eigenvalue weighted by atomic mass is 9.96. The second-order valence-electron chi connectivity index (χ2n) is 7.60. The predicted molar refractivity (Wildman–Crippen MR) is 115 cm³/mol. The molecule has 2 aromatic carbocycles. The minimum Gasteiger partial charge on any atom is -0.497 e. The fourth-order valence-corrected chi connectivity index (χ4v) is 4.07. The Balaban J connectivity index is 1.56. The minimum atomic E-state index is -0.225. The molecule has 5 rings (SSSR count). The van der Waals surface area contributed by atoms with E-state index in [4.69, 9.17) is 14.8 Å². The maximum atomic E-state index is 13.6. The number of methoxy groups -OCH3 is 1. The summed E-state index contributed by atoms with van der Waals surface area (Å²) >= 11 is 0. The molecule has 2 heterocycles. The van der Waals surface area contributed by atoms with Gasteiger partial charge in [0.1, 0.15) is 17.4 Å². The molecule has 0 saturated heterocycles. The van der Waals surface area contributed by atoms with Crippen molar-refractivity contribution in [1.82, 2.24) is 14.6 Å². The van der Waals surface area contributed by atoms with Crippen molar-refractivity contribution in [2.75, 3.05) is 12.4 Å². The van der Waals surface area contributed by atoms with E-state index in [1.54, 1.807) is 19.2 Å². The number of nitrogens with one attached hydrogen (secondary N) is 1. The van der Waals surface area contributed by atoms with Crippen LogP contribution in [-0.4, -0.2) is 21.7 Å². The number of aryl methyl sites for hydroxylation is 1. The monoisotopic (exact) mass is 402 g/mol. The van der Waals surface area contributed by atoms with Crippen molar-refractivity contribution in [3.63, 3.8) is 0 Å². The number of aromatic nitrogens is 3. The molecule has 1 aliphatic rings. The van der Waals surface area contributed by atoms with Crippen LogP contribution in [0.2, 0.25) is 0 Å². The molecule has 0 bridgehead atoms. The van der Waals surface area contributed by atoms with E-state index in [0.717, 1.165) is 65.4 Å². The Kier molecular flexibility index (Phi) is 4.83. The first kappa shape index (κ1) is 18.6. The number of hydrogen-bond acceptors (Lipinski definition) is 4. The highest BCUT2D eigenvalue weighted by molar-refractivity contribution is 5.67.